The molecule has 1 rings (SSSR count). The van der Waals surface area contributed by atoms with Crippen molar-refractivity contribution in [2.24, 2.45) is 0 Å². The fourth-order valence-electron chi connectivity index (χ4n) is 1.95. The van der Waals surface area contributed by atoms with Crippen molar-refractivity contribution in [3.8, 4) is 11.8 Å². The van der Waals surface area contributed by atoms with Gasteiger partial charge in [0.15, 0.2) is 0 Å². The highest BCUT2D eigenvalue weighted by Crippen LogP contribution is 2.31. The van der Waals surface area contributed by atoms with Crippen molar-refractivity contribution in [2.45, 2.75) is 33.6 Å². The zero-order valence-electron chi connectivity index (χ0n) is 11.1. The van der Waals surface area contributed by atoms with Crippen LogP contribution in [0.3, 0.4) is 0 Å². The Hall–Kier alpha value is -1.69. The first-order valence-corrected chi connectivity index (χ1v) is 5.87. The predicted molar refractivity (Wildman–Crippen MR) is 70.5 cm³/mol. The highest BCUT2D eigenvalue weighted by molar-refractivity contribution is 5.61. The highest BCUT2D eigenvalue weighted by atomic mass is 16.5. The predicted octanol–water partition coefficient (Wildman–Crippen LogP) is 3.34. The molecule has 0 radical (unpaired) electrons. The number of ether oxygens (including phenoxy) is 1. The van der Waals surface area contributed by atoms with E-state index >= 15 is 0 Å². The Morgan fingerprint density at radius 1 is 1.29 bits per heavy atom. The van der Waals surface area contributed by atoms with E-state index < -0.39 is 0 Å². The molecule has 1 N–H and O–H groups in total. The molecule has 0 bridgehead atoms. The number of anilines is 1. The Morgan fingerprint density at radius 2 is 2.00 bits per heavy atom. The number of aryl methyl sites for hydroxylation is 1. The first-order chi connectivity index (χ1) is 8.11. The van der Waals surface area contributed by atoms with Gasteiger partial charge in [-0.05, 0) is 49.9 Å². The van der Waals surface area contributed by atoms with Crippen molar-refractivity contribution < 1.29 is 4.74 Å². The maximum atomic E-state index is 8.48. The van der Waals surface area contributed by atoms with Crippen LogP contribution in [0.25, 0.3) is 0 Å². The molecular formula is C14H20N2O. The van der Waals surface area contributed by atoms with Crippen LogP contribution >= 0.6 is 0 Å². The van der Waals surface area contributed by atoms with E-state index in [9.17, 15) is 0 Å². The molecule has 0 heterocycles. The van der Waals surface area contributed by atoms with E-state index in [0.717, 1.165) is 30.0 Å². The molecule has 3 heteroatoms. The number of nitriles is 1. The summed E-state index contributed by atoms with van der Waals surface area (Å²) in [5.74, 6) is 0.963. The molecular weight excluding hydrogens is 212 g/mol. The number of unbranched alkanes of at least 4 members (excludes halogenated alkanes) is 1. The zero-order chi connectivity index (χ0) is 12.8. The van der Waals surface area contributed by atoms with Gasteiger partial charge >= 0.3 is 0 Å². The standard InChI is InChI=1S/C14H20N2O/c1-10-9-13(16-8-6-5-7-15)11(2)12(3)14(10)17-4/h9,16H,5-6,8H2,1-4H3. The van der Waals surface area contributed by atoms with Crippen molar-refractivity contribution in [1.29, 1.82) is 5.26 Å². The summed E-state index contributed by atoms with van der Waals surface area (Å²) < 4.78 is 5.38. The topological polar surface area (TPSA) is 45.0 Å². The molecule has 0 saturated carbocycles. The Kier molecular flexibility index (Phi) is 4.84. The largest absolute Gasteiger partial charge is 0.496 e. The lowest BCUT2D eigenvalue weighted by molar-refractivity contribution is 0.408. The summed E-state index contributed by atoms with van der Waals surface area (Å²) >= 11 is 0. The lowest BCUT2D eigenvalue weighted by atomic mass is 10.0. The summed E-state index contributed by atoms with van der Waals surface area (Å²) in [6.07, 6.45) is 1.47. The molecule has 0 atom stereocenters. The Bertz CT molecular complexity index is 433. The molecule has 0 unspecified atom stereocenters. The van der Waals surface area contributed by atoms with Crippen LogP contribution in [0.15, 0.2) is 6.07 Å². The van der Waals surface area contributed by atoms with Crippen LogP contribution in [0, 0.1) is 32.1 Å². The van der Waals surface area contributed by atoms with Gasteiger partial charge in [0.1, 0.15) is 5.75 Å². The number of hydrogen-bond acceptors (Lipinski definition) is 3. The summed E-state index contributed by atoms with van der Waals surface area (Å²) in [5.41, 5.74) is 4.66. The number of hydrogen-bond donors (Lipinski definition) is 1. The monoisotopic (exact) mass is 232 g/mol. The average molecular weight is 232 g/mol. The number of nitrogens with zero attached hydrogens (tertiary/aromatic N) is 1. The fraction of sp³-hybridized carbons (Fsp3) is 0.500. The van der Waals surface area contributed by atoms with Gasteiger partial charge in [-0.1, -0.05) is 0 Å². The number of benzene rings is 1. The fourth-order valence-corrected chi connectivity index (χ4v) is 1.95. The second-order valence-corrected chi connectivity index (χ2v) is 4.21. The van der Waals surface area contributed by atoms with Crippen molar-refractivity contribution in [2.75, 3.05) is 19.0 Å². The van der Waals surface area contributed by atoms with Gasteiger partial charge in [-0.3, -0.25) is 0 Å². The Balaban J connectivity index is 2.84. The van der Waals surface area contributed by atoms with Crippen LogP contribution in [0.5, 0.6) is 5.75 Å². The molecule has 92 valence electrons. The second-order valence-electron chi connectivity index (χ2n) is 4.21. The zero-order valence-corrected chi connectivity index (χ0v) is 11.1. The number of methoxy groups -OCH3 is 1. The van der Waals surface area contributed by atoms with E-state index in [1.165, 1.54) is 11.1 Å². The third-order valence-electron chi connectivity index (χ3n) is 3.01. The molecule has 3 nitrogen and oxygen atoms in total. The smallest absolute Gasteiger partial charge is 0.125 e. The molecule has 0 amide bonds. The Labute approximate surface area is 103 Å². The summed E-state index contributed by atoms with van der Waals surface area (Å²) in [7, 11) is 1.70. The van der Waals surface area contributed by atoms with E-state index in [2.05, 4.69) is 31.3 Å². The third-order valence-corrected chi connectivity index (χ3v) is 3.01. The molecule has 0 aliphatic carbocycles. The third kappa shape index (κ3) is 3.13. The molecule has 0 aromatic heterocycles. The van der Waals surface area contributed by atoms with E-state index in [-0.39, 0.29) is 0 Å². The van der Waals surface area contributed by atoms with Crippen LogP contribution in [0.1, 0.15) is 29.5 Å². The lowest BCUT2D eigenvalue weighted by Gasteiger charge is -2.16. The van der Waals surface area contributed by atoms with E-state index in [4.69, 9.17) is 10.00 Å². The van der Waals surface area contributed by atoms with Crippen LogP contribution in [0.2, 0.25) is 0 Å². The first-order valence-electron chi connectivity index (χ1n) is 5.87. The molecule has 1 aromatic rings. The van der Waals surface area contributed by atoms with Crippen LogP contribution < -0.4 is 10.1 Å². The van der Waals surface area contributed by atoms with Gasteiger partial charge in [0, 0.05) is 18.7 Å². The van der Waals surface area contributed by atoms with Crippen LogP contribution in [-0.4, -0.2) is 13.7 Å². The minimum Gasteiger partial charge on any atom is -0.496 e. The molecule has 0 saturated heterocycles. The molecule has 0 spiro atoms. The summed E-state index contributed by atoms with van der Waals surface area (Å²) in [5, 5.41) is 11.9. The van der Waals surface area contributed by atoms with Crippen LogP contribution in [-0.2, 0) is 0 Å². The first kappa shape index (κ1) is 13.4. The van der Waals surface area contributed by atoms with Crippen molar-refractivity contribution >= 4 is 5.69 Å². The molecule has 1 aromatic carbocycles. The lowest BCUT2D eigenvalue weighted by Crippen LogP contribution is -2.05. The van der Waals surface area contributed by atoms with Gasteiger partial charge in [-0.15, -0.1) is 0 Å². The minimum atomic E-state index is 0.597. The Morgan fingerprint density at radius 3 is 2.59 bits per heavy atom. The van der Waals surface area contributed by atoms with Crippen molar-refractivity contribution in [3.63, 3.8) is 0 Å². The second kappa shape index (κ2) is 6.15. The maximum Gasteiger partial charge on any atom is 0.125 e. The highest BCUT2D eigenvalue weighted by Gasteiger charge is 2.09. The van der Waals surface area contributed by atoms with Crippen LogP contribution in [0.4, 0.5) is 5.69 Å². The molecule has 0 aliphatic rings. The average Bonchev–Trinajstić information content (AvgIpc) is 2.31. The molecule has 0 fully saturated rings. The van der Waals surface area contributed by atoms with E-state index in [0.29, 0.717) is 6.42 Å². The number of rotatable bonds is 5. The number of nitrogens with one attached hydrogen (secondary N) is 1. The molecule has 0 aliphatic heterocycles. The van der Waals surface area contributed by atoms with Gasteiger partial charge in [0.2, 0.25) is 0 Å². The SMILES string of the molecule is COc1c(C)cc(NCCCC#N)c(C)c1C. The van der Waals surface area contributed by atoms with Gasteiger partial charge in [0.25, 0.3) is 0 Å². The van der Waals surface area contributed by atoms with Crippen molar-refractivity contribution in [3.05, 3.63) is 22.8 Å². The van der Waals surface area contributed by atoms with Gasteiger partial charge in [-0.2, -0.15) is 5.26 Å². The summed E-state index contributed by atoms with van der Waals surface area (Å²) in [4.78, 5) is 0. The van der Waals surface area contributed by atoms with Gasteiger partial charge < -0.3 is 10.1 Å². The van der Waals surface area contributed by atoms with E-state index in [1.54, 1.807) is 7.11 Å². The quantitative estimate of drug-likeness (QED) is 0.792. The maximum absolute atomic E-state index is 8.48. The van der Waals surface area contributed by atoms with Crippen molar-refractivity contribution in [1.82, 2.24) is 0 Å². The minimum absolute atomic E-state index is 0.597. The summed E-state index contributed by atoms with van der Waals surface area (Å²) in [6.45, 7) is 7.04. The van der Waals surface area contributed by atoms with E-state index in [1.807, 2.05) is 6.92 Å². The summed E-state index contributed by atoms with van der Waals surface area (Å²) in [6, 6.07) is 4.25. The molecule has 17 heavy (non-hydrogen) atoms. The normalized spacial score (nSPS) is 9.82. The van der Waals surface area contributed by atoms with Gasteiger partial charge in [-0.25, -0.2) is 0 Å². The van der Waals surface area contributed by atoms with Gasteiger partial charge in [0.05, 0.1) is 13.2 Å².